The van der Waals surface area contributed by atoms with Crippen molar-refractivity contribution in [3.63, 3.8) is 0 Å². The maximum atomic E-state index is 11.8. The Hall–Kier alpha value is -2.56. The highest BCUT2D eigenvalue weighted by atomic mass is 16.1. The van der Waals surface area contributed by atoms with Crippen LogP contribution in [0.15, 0.2) is 35.0 Å². The second-order valence-electron chi connectivity index (χ2n) is 4.50. The summed E-state index contributed by atoms with van der Waals surface area (Å²) in [4.78, 5) is 11.8. The third kappa shape index (κ3) is 3.47. The van der Waals surface area contributed by atoms with Gasteiger partial charge in [-0.3, -0.25) is 4.79 Å². The Morgan fingerprint density at radius 1 is 1.25 bits per heavy atom. The van der Waals surface area contributed by atoms with Gasteiger partial charge in [-0.2, -0.15) is 5.10 Å². The molecule has 0 saturated carbocycles. The number of allylic oxidation sites excluding steroid dienone is 4. The van der Waals surface area contributed by atoms with E-state index in [1.165, 1.54) is 13.1 Å². The quantitative estimate of drug-likeness (QED) is 0.195. The van der Waals surface area contributed by atoms with E-state index in [-0.39, 0.29) is 5.78 Å². The number of hydrogen-bond donors (Lipinski definition) is 3. The standard InChI is InChI=1S/C15H20N4O/c1-4-9(2)5-11(8-19-18)15-13(10(3)20)6-12(16)7-14(15)17/h4-8H,16-18H2,1-3H3/b9-4+,11-5+,19-8?. The fourth-order valence-corrected chi connectivity index (χ4v) is 1.87. The van der Waals surface area contributed by atoms with E-state index in [0.29, 0.717) is 28.1 Å². The normalized spacial score (nSPS) is 12.9. The van der Waals surface area contributed by atoms with Gasteiger partial charge >= 0.3 is 0 Å². The second kappa shape index (κ2) is 6.56. The summed E-state index contributed by atoms with van der Waals surface area (Å²) < 4.78 is 0. The smallest absolute Gasteiger partial charge is 0.160 e. The fraction of sp³-hybridized carbons (Fsp3) is 0.200. The number of nitrogens with zero attached hydrogens (tertiary/aromatic N) is 1. The molecule has 0 atom stereocenters. The summed E-state index contributed by atoms with van der Waals surface area (Å²) in [5.74, 6) is 5.13. The highest BCUT2D eigenvalue weighted by Gasteiger charge is 2.15. The van der Waals surface area contributed by atoms with E-state index in [9.17, 15) is 4.79 Å². The van der Waals surface area contributed by atoms with Crippen LogP contribution in [0.3, 0.4) is 0 Å². The Bertz CT molecular complexity index is 613. The molecule has 0 heterocycles. The van der Waals surface area contributed by atoms with Crippen LogP contribution in [0.2, 0.25) is 0 Å². The van der Waals surface area contributed by atoms with Crippen LogP contribution in [0, 0.1) is 0 Å². The Morgan fingerprint density at radius 2 is 1.90 bits per heavy atom. The second-order valence-corrected chi connectivity index (χ2v) is 4.50. The van der Waals surface area contributed by atoms with Crippen molar-refractivity contribution < 1.29 is 4.79 Å². The van der Waals surface area contributed by atoms with Gasteiger partial charge in [0.05, 0.1) is 6.21 Å². The van der Waals surface area contributed by atoms with Crippen LogP contribution in [0.25, 0.3) is 5.57 Å². The number of benzene rings is 1. The number of hydrazone groups is 1. The third-order valence-electron chi connectivity index (χ3n) is 2.91. The predicted molar refractivity (Wildman–Crippen MR) is 85.4 cm³/mol. The Kier molecular flexibility index (Phi) is 5.08. The molecule has 0 amide bonds. The zero-order valence-electron chi connectivity index (χ0n) is 12.0. The van der Waals surface area contributed by atoms with Crippen molar-refractivity contribution in [2.24, 2.45) is 10.9 Å². The SMILES string of the molecule is C/C=C(C)/C=C(\C=NN)c1c(N)cc(N)cc1C(C)=O. The average Bonchev–Trinajstić information content (AvgIpc) is 2.37. The van der Waals surface area contributed by atoms with Gasteiger partial charge in [-0.15, -0.1) is 0 Å². The van der Waals surface area contributed by atoms with Gasteiger partial charge in [0.1, 0.15) is 0 Å². The van der Waals surface area contributed by atoms with Crippen molar-refractivity contribution in [1.82, 2.24) is 0 Å². The van der Waals surface area contributed by atoms with Gasteiger partial charge in [-0.1, -0.05) is 17.7 Å². The molecule has 20 heavy (non-hydrogen) atoms. The van der Waals surface area contributed by atoms with E-state index in [0.717, 1.165) is 5.57 Å². The van der Waals surface area contributed by atoms with E-state index in [1.807, 2.05) is 26.0 Å². The van der Waals surface area contributed by atoms with Crippen molar-refractivity contribution >= 4 is 28.9 Å². The first kappa shape index (κ1) is 15.5. The molecule has 0 aliphatic heterocycles. The summed E-state index contributed by atoms with van der Waals surface area (Å²) in [6.45, 7) is 5.32. The number of anilines is 2. The first-order valence-corrected chi connectivity index (χ1v) is 6.18. The molecule has 106 valence electrons. The molecule has 1 rings (SSSR count). The summed E-state index contributed by atoms with van der Waals surface area (Å²) in [7, 11) is 0. The minimum Gasteiger partial charge on any atom is -0.399 e. The van der Waals surface area contributed by atoms with Gasteiger partial charge in [-0.25, -0.2) is 0 Å². The number of Topliss-reactive ketones (excluding diaryl/α,β-unsaturated/α-hetero) is 1. The lowest BCUT2D eigenvalue weighted by Crippen LogP contribution is -2.07. The lowest BCUT2D eigenvalue weighted by Gasteiger charge is -2.13. The topological polar surface area (TPSA) is 107 Å². The molecule has 0 spiro atoms. The van der Waals surface area contributed by atoms with Crippen LogP contribution in [-0.4, -0.2) is 12.0 Å². The van der Waals surface area contributed by atoms with E-state index >= 15 is 0 Å². The summed E-state index contributed by atoms with van der Waals surface area (Å²) in [6.07, 6.45) is 5.28. The Morgan fingerprint density at radius 3 is 2.40 bits per heavy atom. The molecule has 0 saturated heterocycles. The fourth-order valence-electron chi connectivity index (χ4n) is 1.87. The van der Waals surface area contributed by atoms with E-state index < -0.39 is 0 Å². The lowest BCUT2D eigenvalue weighted by molar-refractivity contribution is 0.101. The zero-order chi connectivity index (χ0) is 15.3. The van der Waals surface area contributed by atoms with E-state index in [2.05, 4.69) is 5.10 Å². The number of nitrogens with two attached hydrogens (primary N) is 3. The molecular formula is C15H20N4O. The first-order chi connectivity index (χ1) is 9.40. The molecule has 5 nitrogen and oxygen atoms in total. The maximum absolute atomic E-state index is 11.8. The monoisotopic (exact) mass is 272 g/mol. The lowest BCUT2D eigenvalue weighted by atomic mass is 9.94. The molecule has 0 bridgehead atoms. The Balaban J connectivity index is 3.64. The van der Waals surface area contributed by atoms with Crippen LogP contribution in [0.4, 0.5) is 11.4 Å². The van der Waals surface area contributed by atoms with Gasteiger partial charge in [0.25, 0.3) is 0 Å². The predicted octanol–water partition coefficient (Wildman–Crippen LogP) is 2.35. The van der Waals surface area contributed by atoms with Gasteiger partial charge in [0.15, 0.2) is 5.78 Å². The molecule has 5 heteroatoms. The van der Waals surface area contributed by atoms with Crippen molar-refractivity contribution in [2.45, 2.75) is 20.8 Å². The summed E-state index contributed by atoms with van der Waals surface area (Å²) >= 11 is 0. The molecule has 0 fully saturated rings. The molecule has 0 aliphatic carbocycles. The van der Waals surface area contributed by atoms with Crippen molar-refractivity contribution in [3.8, 4) is 0 Å². The van der Waals surface area contributed by atoms with E-state index in [1.54, 1.807) is 12.1 Å². The minimum atomic E-state index is -0.117. The van der Waals surface area contributed by atoms with Crippen molar-refractivity contribution in [3.05, 3.63) is 41.0 Å². The van der Waals surface area contributed by atoms with Gasteiger partial charge < -0.3 is 17.3 Å². The highest BCUT2D eigenvalue weighted by Crippen LogP contribution is 2.29. The third-order valence-corrected chi connectivity index (χ3v) is 2.91. The highest BCUT2D eigenvalue weighted by molar-refractivity contribution is 6.17. The summed E-state index contributed by atoms with van der Waals surface area (Å²) in [6, 6.07) is 3.22. The number of carbonyl (C=O) groups excluding carboxylic acids is 1. The summed E-state index contributed by atoms with van der Waals surface area (Å²) in [5.41, 5.74) is 15.4. The average molecular weight is 272 g/mol. The van der Waals surface area contributed by atoms with Crippen LogP contribution in [0.1, 0.15) is 36.7 Å². The molecule has 1 aromatic carbocycles. The largest absolute Gasteiger partial charge is 0.399 e. The maximum Gasteiger partial charge on any atom is 0.160 e. The van der Waals surface area contributed by atoms with Crippen LogP contribution >= 0.6 is 0 Å². The molecule has 1 aromatic rings. The molecule has 6 N–H and O–H groups in total. The van der Waals surface area contributed by atoms with Crippen LogP contribution in [-0.2, 0) is 0 Å². The minimum absolute atomic E-state index is 0.117. The number of carbonyl (C=O) groups is 1. The number of rotatable bonds is 4. The molecular weight excluding hydrogens is 252 g/mol. The van der Waals surface area contributed by atoms with E-state index in [4.69, 9.17) is 17.3 Å². The van der Waals surface area contributed by atoms with Crippen molar-refractivity contribution in [1.29, 1.82) is 0 Å². The zero-order valence-corrected chi connectivity index (χ0v) is 12.0. The number of ketones is 1. The molecule has 0 aliphatic rings. The first-order valence-electron chi connectivity index (χ1n) is 6.18. The molecule has 0 aromatic heterocycles. The summed E-state index contributed by atoms with van der Waals surface area (Å²) in [5, 5.41) is 3.55. The number of nitrogen functional groups attached to an aromatic ring is 2. The Labute approximate surface area is 118 Å². The molecule has 0 radical (unpaired) electrons. The molecule has 0 unspecified atom stereocenters. The number of hydrogen-bond acceptors (Lipinski definition) is 5. The van der Waals surface area contributed by atoms with Gasteiger partial charge in [0.2, 0.25) is 0 Å². The van der Waals surface area contributed by atoms with Crippen molar-refractivity contribution in [2.75, 3.05) is 11.5 Å². The van der Waals surface area contributed by atoms with Gasteiger partial charge in [-0.05, 0) is 32.9 Å². The van der Waals surface area contributed by atoms with Crippen LogP contribution < -0.4 is 17.3 Å². The van der Waals surface area contributed by atoms with Crippen LogP contribution in [0.5, 0.6) is 0 Å². The van der Waals surface area contributed by atoms with Gasteiger partial charge in [0, 0.05) is 28.1 Å².